The highest BCUT2D eigenvalue weighted by Gasteiger charge is 2.22. The second-order valence-corrected chi connectivity index (χ2v) is 4.95. The monoisotopic (exact) mass is 290 g/mol. The smallest absolute Gasteiger partial charge is 0.317 e. The second-order valence-electron chi connectivity index (χ2n) is 3.78. The lowest BCUT2D eigenvalue weighted by atomic mass is 10.2. The van der Waals surface area contributed by atoms with E-state index in [2.05, 4.69) is 15.5 Å². The van der Waals surface area contributed by atoms with Gasteiger partial charge in [0, 0.05) is 14.2 Å². The van der Waals surface area contributed by atoms with Crippen molar-refractivity contribution in [3.63, 3.8) is 0 Å². The largest absolute Gasteiger partial charge is 0.480 e. The molecule has 8 nitrogen and oxygen atoms in total. The van der Waals surface area contributed by atoms with Gasteiger partial charge in [0.15, 0.2) is 6.29 Å². The predicted molar refractivity (Wildman–Crippen MR) is 67.8 cm³/mol. The fourth-order valence-electron chi connectivity index (χ4n) is 1.40. The molecule has 0 bridgehead atoms. The molecule has 0 fully saturated rings. The number of aliphatic carboxylic acids is 1. The molecule has 0 amide bonds. The van der Waals surface area contributed by atoms with E-state index in [4.69, 9.17) is 14.6 Å². The van der Waals surface area contributed by atoms with E-state index in [9.17, 15) is 4.79 Å². The first-order valence-electron chi connectivity index (χ1n) is 5.83. The van der Waals surface area contributed by atoms with Gasteiger partial charge < -0.3 is 14.6 Å². The van der Waals surface area contributed by atoms with Crippen molar-refractivity contribution < 1.29 is 19.4 Å². The van der Waals surface area contributed by atoms with Gasteiger partial charge in [0.2, 0.25) is 5.16 Å². The van der Waals surface area contributed by atoms with Crippen LogP contribution >= 0.6 is 11.8 Å². The first-order chi connectivity index (χ1) is 9.12. The van der Waals surface area contributed by atoms with Crippen LogP contribution in [0.15, 0.2) is 5.16 Å². The van der Waals surface area contributed by atoms with Crippen LogP contribution in [0.5, 0.6) is 0 Å². The van der Waals surface area contributed by atoms with Gasteiger partial charge >= 0.3 is 5.97 Å². The number of tetrazole rings is 1. The van der Waals surface area contributed by atoms with Crippen LogP contribution in [0.3, 0.4) is 0 Å². The maximum absolute atomic E-state index is 11.1. The summed E-state index contributed by atoms with van der Waals surface area (Å²) in [6.07, 6.45) is 0.868. The molecule has 0 radical (unpaired) electrons. The molecule has 1 N–H and O–H groups in total. The lowest BCUT2D eigenvalue weighted by Crippen LogP contribution is -2.23. The topological polar surface area (TPSA) is 99.4 Å². The number of carbonyl (C=O) groups is 1. The number of hydrogen-bond acceptors (Lipinski definition) is 7. The molecule has 0 aliphatic carbocycles. The minimum atomic E-state index is -0.864. The van der Waals surface area contributed by atoms with E-state index in [-0.39, 0.29) is 0 Å². The first-order valence-corrected chi connectivity index (χ1v) is 6.71. The van der Waals surface area contributed by atoms with E-state index in [1.54, 1.807) is 0 Å². The van der Waals surface area contributed by atoms with Crippen molar-refractivity contribution in [3.05, 3.63) is 0 Å². The van der Waals surface area contributed by atoms with Crippen LogP contribution in [0.4, 0.5) is 0 Å². The molecule has 0 spiro atoms. The van der Waals surface area contributed by atoms with Crippen LogP contribution in [-0.2, 0) is 20.8 Å². The molecule has 9 heteroatoms. The highest BCUT2D eigenvalue weighted by molar-refractivity contribution is 8.00. The van der Waals surface area contributed by atoms with Crippen molar-refractivity contribution >= 4 is 17.7 Å². The van der Waals surface area contributed by atoms with Crippen LogP contribution in [0.25, 0.3) is 0 Å². The highest BCUT2D eigenvalue weighted by atomic mass is 32.2. The summed E-state index contributed by atoms with van der Waals surface area (Å²) in [5.41, 5.74) is 0. The van der Waals surface area contributed by atoms with E-state index in [1.165, 1.54) is 18.9 Å². The Bertz CT molecular complexity index is 397. The molecular formula is C10H18N4O4S. The van der Waals surface area contributed by atoms with Crippen molar-refractivity contribution in [3.8, 4) is 0 Å². The number of aromatic nitrogens is 4. The van der Waals surface area contributed by atoms with Crippen LogP contribution in [-0.4, -0.2) is 57.0 Å². The lowest BCUT2D eigenvalue weighted by Gasteiger charge is -2.14. The van der Waals surface area contributed by atoms with E-state index in [0.717, 1.165) is 18.2 Å². The first kappa shape index (κ1) is 15.9. The standard InChI is InChI=1S/C10H18N4O4S/c1-4-5-7(9(15)16)19-10-11-12-13-14(10)6-8(17-2)18-3/h7-8H,4-6H2,1-3H3,(H,15,16). The van der Waals surface area contributed by atoms with Crippen LogP contribution in [0.1, 0.15) is 19.8 Å². The molecule has 1 aromatic rings. The average Bonchev–Trinajstić information content (AvgIpc) is 2.82. The van der Waals surface area contributed by atoms with E-state index >= 15 is 0 Å². The maximum atomic E-state index is 11.1. The van der Waals surface area contributed by atoms with Crippen LogP contribution in [0.2, 0.25) is 0 Å². The number of hydrogen-bond donors (Lipinski definition) is 1. The molecule has 1 aromatic heterocycles. The zero-order valence-corrected chi connectivity index (χ0v) is 12.0. The molecular weight excluding hydrogens is 272 g/mol. The molecule has 19 heavy (non-hydrogen) atoms. The minimum Gasteiger partial charge on any atom is -0.480 e. The predicted octanol–water partition coefficient (Wildman–Crippen LogP) is 0.637. The third-order valence-corrected chi connectivity index (χ3v) is 3.65. The number of carboxylic acid groups (broad SMARTS) is 1. The quantitative estimate of drug-likeness (QED) is 0.522. The summed E-state index contributed by atoms with van der Waals surface area (Å²) in [7, 11) is 3.03. The van der Waals surface area contributed by atoms with Crippen molar-refractivity contribution in [1.29, 1.82) is 0 Å². The summed E-state index contributed by atoms with van der Waals surface area (Å²) in [5.74, 6) is -0.864. The van der Waals surface area contributed by atoms with Crippen molar-refractivity contribution in [2.75, 3.05) is 14.2 Å². The van der Waals surface area contributed by atoms with Gasteiger partial charge in [0.1, 0.15) is 5.25 Å². The average molecular weight is 290 g/mol. The van der Waals surface area contributed by atoms with Crippen molar-refractivity contribution in [2.24, 2.45) is 0 Å². The summed E-state index contributed by atoms with van der Waals surface area (Å²) in [6.45, 7) is 2.24. The molecule has 1 rings (SSSR count). The number of thioether (sulfide) groups is 1. The zero-order chi connectivity index (χ0) is 14.3. The fourth-order valence-corrected chi connectivity index (χ4v) is 2.43. The van der Waals surface area contributed by atoms with Gasteiger partial charge in [-0.3, -0.25) is 4.79 Å². The molecule has 1 atom stereocenters. The summed E-state index contributed by atoms with van der Waals surface area (Å²) in [6, 6.07) is 0. The lowest BCUT2D eigenvalue weighted by molar-refractivity contribution is -0.136. The number of ether oxygens (including phenoxy) is 2. The Morgan fingerprint density at radius 1 is 1.47 bits per heavy atom. The maximum Gasteiger partial charge on any atom is 0.317 e. The van der Waals surface area contributed by atoms with E-state index in [0.29, 0.717) is 18.1 Å². The van der Waals surface area contributed by atoms with E-state index in [1.807, 2.05) is 6.92 Å². The molecule has 0 aliphatic heterocycles. The summed E-state index contributed by atoms with van der Waals surface area (Å²) >= 11 is 1.13. The third-order valence-electron chi connectivity index (χ3n) is 2.42. The minimum absolute atomic E-state index is 0.306. The Morgan fingerprint density at radius 3 is 2.68 bits per heavy atom. The molecule has 0 aromatic carbocycles. The Hall–Kier alpha value is -1.19. The number of carboxylic acids is 1. The Labute approximate surface area is 115 Å². The van der Waals surface area contributed by atoms with Crippen LogP contribution < -0.4 is 0 Å². The van der Waals surface area contributed by atoms with Gasteiger partial charge in [-0.15, -0.1) is 5.10 Å². The molecule has 0 saturated heterocycles. The SMILES string of the molecule is CCCC(Sc1nnnn1CC(OC)OC)C(=O)O. The van der Waals surface area contributed by atoms with E-state index < -0.39 is 17.5 Å². The van der Waals surface area contributed by atoms with Crippen molar-refractivity contribution in [2.45, 2.75) is 43.0 Å². The Kier molecular flexibility index (Phi) is 6.74. The van der Waals surface area contributed by atoms with Gasteiger partial charge in [-0.05, 0) is 16.8 Å². The third kappa shape index (κ3) is 4.77. The zero-order valence-electron chi connectivity index (χ0n) is 11.1. The van der Waals surface area contributed by atoms with Gasteiger partial charge in [-0.2, -0.15) is 0 Å². The van der Waals surface area contributed by atoms with Gasteiger partial charge in [-0.25, -0.2) is 4.68 Å². The fraction of sp³-hybridized carbons (Fsp3) is 0.800. The van der Waals surface area contributed by atoms with Gasteiger partial charge in [-0.1, -0.05) is 25.1 Å². The van der Waals surface area contributed by atoms with Gasteiger partial charge in [0.05, 0.1) is 6.54 Å². The Morgan fingerprint density at radius 2 is 2.16 bits per heavy atom. The molecule has 1 unspecified atom stereocenters. The summed E-state index contributed by atoms with van der Waals surface area (Å²) < 4.78 is 11.6. The normalized spacial score (nSPS) is 12.8. The summed E-state index contributed by atoms with van der Waals surface area (Å²) in [5, 5.41) is 20.2. The number of methoxy groups -OCH3 is 2. The van der Waals surface area contributed by atoms with Gasteiger partial charge in [0.25, 0.3) is 0 Å². The molecule has 0 saturated carbocycles. The summed E-state index contributed by atoms with van der Waals surface area (Å²) in [4.78, 5) is 11.1. The van der Waals surface area contributed by atoms with Crippen molar-refractivity contribution in [1.82, 2.24) is 20.2 Å². The molecule has 0 aliphatic rings. The second kappa shape index (κ2) is 8.08. The Balaban J connectivity index is 2.73. The highest BCUT2D eigenvalue weighted by Crippen LogP contribution is 2.24. The number of nitrogens with zero attached hydrogens (tertiary/aromatic N) is 4. The van der Waals surface area contributed by atoms with Crippen LogP contribution in [0, 0.1) is 0 Å². The molecule has 108 valence electrons. The number of rotatable bonds is 9. The molecule has 1 heterocycles.